The fourth-order valence-electron chi connectivity index (χ4n) is 1.33. The van der Waals surface area contributed by atoms with Gasteiger partial charge in [-0.05, 0) is 46.8 Å². The molecule has 4 nitrogen and oxygen atoms in total. The second-order valence-electron chi connectivity index (χ2n) is 4.25. The van der Waals surface area contributed by atoms with Gasteiger partial charge in [-0.15, -0.1) is 11.3 Å². The quantitative estimate of drug-likeness (QED) is 0.755. The van der Waals surface area contributed by atoms with Crippen LogP contribution in [0.15, 0.2) is 15.2 Å². The van der Waals surface area contributed by atoms with Gasteiger partial charge >= 0.3 is 0 Å². The van der Waals surface area contributed by atoms with Crippen molar-refractivity contribution in [3.63, 3.8) is 0 Å². The maximum Gasteiger partial charge on any atom is 0.216 e. The van der Waals surface area contributed by atoms with Gasteiger partial charge < -0.3 is 4.74 Å². The number of thiophene rings is 1. The standard InChI is InChI=1S/C11H18BrNO3S2/c1-9(2)16-4-5-18(14,15)13(3)7-10-6-11(12)17-8-10/h6,8-9H,4-5,7H2,1-3H3. The fourth-order valence-corrected chi connectivity index (χ4v) is 3.49. The average molecular weight is 356 g/mol. The van der Waals surface area contributed by atoms with Crippen LogP contribution in [0, 0.1) is 0 Å². The maximum absolute atomic E-state index is 12.0. The van der Waals surface area contributed by atoms with Crippen LogP contribution in [0.1, 0.15) is 19.4 Å². The first-order chi connectivity index (χ1) is 8.31. The Hall–Kier alpha value is 0.0500. The van der Waals surface area contributed by atoms with Crippen LogP contribution >= 0.6 is 27.3 Å². The van der Waals surface area contributed by atoms with E-state index in [2.05, 4.69) is 15.9 Å². The summed E-state index contributed by atoms with van der Waals surface area (Å²) in [5, 5.41) is 1.95. The Bertz CT molecular complexity index is 470. The van der Waals surface area contributed by atoms with Crippen LogP contribution in [0.3, 0.4) is 0 Å². The molecule has 0 aliphatic carbocycles. The van der Waals surface area contributed by atoms with Crippen molar-refractivity contribution in [1.82, 2.24) is 4.31 Å². The lowest BCUT2D eigenvalue weighted by atomic mass is 10.3. The van der Waals surface area contributed by atoms with E-state index in [4.69, 9.17) is 4.74 Å². The molecule has 18 heavy (non-hydrogen) atoms. The second kappa shape index (κ2) is 7.00. The lowest BCUT2D eigenvalue weighted by molar-refractivity contribution is 0.0907. The van der Waals surface area contributed by atoms with Crippen molar-refractivity contribution >= 4 is 37.3 Å². The van der Waals surface area contributed by atoms with Gasteiger partial charge in [0.05, 0.1) is 22.3 Å². The molecule has 0 aliphatic rings. The summed E-state index contributed by atoms with van der Waals surface area (Å²) < 4.78 is 31.6. The normalized spacial score (nSPS) is 12.6. The summed E-state index contributed by atoms with van der Waals surface area (Å²) in [6.45, 7) is 4.40. The van der Waals surface area contributed by atoms with Crippen LogP contribution in [0.2, 0.25) is 0 Å². The third-order valence-corrected chi connectivity index (χ3v) is 5.61. The van der Waals surface area contributed by atoms with Gasteiger partial charge in [0.15, 0.2) is 0 Å². The molecule has 0 atom stereocenters. The van der Waals surface area contributed by atoms with Crippen molar-refractivity contribution in [1.29, 1.82) is 0 Å². The van der Waals surface area contributed by atoms with Crippen LogP contribution in [0.4, 0.5) is 0 Å². The van der Waals surface area contributed by atoms with Gasteiger partial charge in [0, 0.05) is 13.6 Å². The zero-order valence-electron chi connectivity index (χ0n) is 10.7. The number of hydrogen-bond acceptors (Lipinski definition) is 4. The van der Waals surface area contributed by atoms with E-state index >= 15 is 0 Å². The molecule has 0 fully saturated rings. The molecule has 0 unspecified atom stereocenters. The SMILES string of the molecule is CC(C)OCCS(=O)(=O)N(C)Cc1csc(Br)c1. The van der Waals surface area contributed by atoms with Gasteiger partial charge in [-0.3, -0.25) is 0 Å². The Labute approximate surface area is 121 Å². The minimum atomic E-state index is -3.25. The van der Waals surface area contributed by atoms with E-state index in [1.807, 2.05) is 25.3 Å². The van der Waals surface area contributed by atoms with Crippen LogP contribution in [-0.4, -0.2) is 38.2 Å². The van der Waals surface area contributed by atoms with Crippen molar-refractivity contribution < 1.29 is 13.2 Å². The van der Waals surface area contributed by atoms with Crippen LogP contribution in [0.5, 0.6) is 0 Å². The molecule has 0 amide bonds. The fraction of sp³-hybridized carbons (Fsp3) is 0.636. The Kier molecular flexibility index (Phi) is 6.26. The maximum atomic E-state index is 12.0. The third-order valence-electron chi connectivity index (χ3n) is 2.29. The van der Waals surface area contributed by atoms with E-state index in [0.29, 0.717) is 6.54 Å². The molecule has 104 valence electrons. The van der Waals surface area contributed by atoms with Gasteiger partial charge in [0.2, 0.25) is 10.0 Å². The van der Waals surface area contributed by atoms with Crippen molar-refractivity contribution in [2.24, 2.45) is 0 Å². The molecular formula is C11H18BrNO3S2. The van der Waals surface area contributed by atoms with Gasteiger partial charge in [-0.1, -0.05) is 0 Å². The zero-order chi connectivity index (χ0) is 13.8. The minimum Gasteiger partial charge on any atom is -0.378 e. The number of halogens is 1. The number of nitrogens with zero attached hydrogens (tertiary/aromatic N) is 1. The highest BCUT2D eigenvalue weighted by atomic mass is 79.9. The predicted molar refractivity (Wildman–Crippen MR) is 78.4 cm³/mol. The second-order valence-corrected chi connectivity index (χ2v) is 8.74. The van der Waals surface area contributed by atoms with E-state index in [9.17, 15) is 8.42 Å². The van der Waals surface area contributed by atoms with Crippen molar-refractivity contribution in [2.75, 3.05) is 19.4 Å². The first-order valence-electron chi connectivity index (χ1n) is 5.60. The van der Waals surface area contributed by atoms with Gasteiger partial charge in [-0.2, -0.15) is 0 Å². The Balaban J connectivity index is 2.51. The molecule has 1 aromatic heterocycles. The van der Waals surface area contributed by atoms with Crippen LogP contribution in [0.25, 0.3) is 0 Å². The molecule has 1 aromatic rings. The third kappa shape index (κ3) is 5.36. The van der Waals surface area contributed by atoms with Crippen LogP contribution < -0.4 is 0 Å². The summed E-state index contributed by atoms with van der Waals surface area (Å²) in [4.78, 5) is 0. The summed E-state index contributed by atoms with van der Waals surface area (Å²) in [5.74, 6) is 0.0208. The number of rotatable bonds is 7. The number of sulfonamides is 1. The lowest BCUT2D eigenvalue weighted by Crippen LogP contribution is -2.30. The van der Waals surface area contributed by atoms with Gasteiger partial charge in [0.25, 0.3) is 0 Å². The van der Waals surface area contributed by atoms with Crippen molar-refractivity contribution in [3.8, 4) is 0 Å². The Morgan fingerprint density at radius 3 is 2.67 bits per heavy atom. The smallest absolute Gasteiger partial charge is 0.216 e. The first-order valence-corrected chi connectivity index (χ1v) is 8.88. The molecule has 0 spiro atoms. The number of hydrogen-bond donors (Lipinski definition) is 0. The highest BCUT2D eigenvalue weighted by Crippen LogP contribution is 2.22. The highest BCUT2D eigenvalue weighted by Gasteiger charge is 2.18. The van der Waals surface area contributed by atoms with E-state index < -0.39 is 10.0 Å². The molecule has 1 heterocycles. The molecule has 0 saturated carbocycles. The van der Waals surface area contributed by atoms with Gasteiger partial charge in [-0.25, -0.2) is 12.7 Å². The summed E-state index contributed by atoms with van der Waals surface area (Å²) in [7, 11) is -1.65. The summed E-state index contributed by atoms with van der Waals surface area (Å²) >= 11 is 4.91. The van der Waals surface area contributed by atoms with E-state index in [0.717, 1.165) is 9.35 Å². The zero-order valence-corrected chi connectivity index (χ0v) is 13.9. The van der Waals surface area contributed by atoms with E-state index in [1.54, 1.807) is 18.4 Å². The lowest BCUT2D eigenvalue weighted by Gasteiger charge is -2.17. The molecule has 0 bridgehead atoms. The monoisotopic (exact) mass is 355 g/mol. The van der Waals surface area contributed by atoms with Gasteiger partial charge in [0.1, 0.15) is 0 Å². The average Bonchev–Trinajstić information content (AvgIpc) is 2.63. The Morgan fingerprint density at radius 2 is 2.17 bits per heavy atom. The molecule has 1 rings (SSSR count). The molecule has 0 radical (unpaired) electrons. The van der Waals surface area contributed by atoms with E-state index in [1.165, 1.54) is 4.31 Å². The summed E-state index contributed by atoms with van der Waals surface area (Å²) in [5.41, 5.74) is 0.989. The highest BCUT2D eigenvalue weighted by molar-refractivity contribution is 9.11. The summed E-state index contributed by atoms with van der Waals surface area (Å²) in [6, 6.07) is 1.93. The predicted octanol–water partition coefficient (Wildman–Crippen LogP) is 2.70. The van der Waals surface area contributed by atoms with Crippen LogP contribution in [-0.2, 0) is 21.3 Å². The molecule has 0 aliphatic heterocycles. The van der Waals surface area contributed by atoms with Crippen molar-refractivity contribution in [3.05, 3.63) is 20.8 Å². The Morgan fingerprint density at radius 1 is 1.50 bits per heavy atom. The van der Waals surface area contributed by atoms with Crippen molar-refractivity contribution in [2.45, 2.75) is 26.5 Å². The molecule has 7 heteroatoms. The summed E-state index contributed by atoms with van der Waals surface area (Å²) in [6.07, 6.45) is 0.0540. The first kappa shape index (κ1) is 16.1. The molecular weight excluding hydrogens is 338 g/mol. The number of ether oxygens (including phenoxy) is 1. The topological polar surface area (TPSA) is 46.6 Å². The minimum absolute atomic E-state index is 0.0208. The largest absolute Gasteiger partial charge is 0.378 e. The molecule has 0 saturated heterocycles. The molecule has 0 N–H and O–H groups in total. The van der Waals surface area contributed by atoms with E-state index in [-0.39, 0.29) is 18.5 Å². The molecule has 0 aromatic carbocycles.